The first-order valence-corrected chi connectivity index (χ1v) is 11.5. The van der Waals surface area contributed by atoms with Crippen LogP contribution in [0.1, 0.15) is 42.9 Å². The van der Waals surface area contributed by atoms with Gasteiger partial charge in [-0.25, -0.2) is 0 Å². The number of hydrogen-bond acceptors (Lipinski definition) is 7. The maximum Gasteiger partial charge on any atom is 0.202 e. The molecule has 29 heavy (non-hydrogen) atoms. The number of aryl methyl sites for hydroxylation is 1. The normalized spacial score (nSPS) is 25.0. The van der Waals surface area contributed by atoms with Crippen molar-refractivity contribution in [1.29, 1.82) is 5.26 Å². The molecule has 1 aromatic carbocycles. The fourth-order valence-electron chi connectivity index (χ4n) is 4.08. The summed E-state index contributed by atoms with van der Waals surface area (Å²) >= 11 is 3.56. The lowest BCUT2D eigenvalue weighted by Gasteiger charge is -2.38. The van der Waals surface area contributed by atoms with Gasteiger partial charge in [0.2, 0.25) is 6.61 Å². The maximum absolute atomic E-state index is 8.58. The molecule has 2 aromatic rings. The lowest BCUT2D eigenvalue weighted by molar-refractivity contribution is -0.122. The summed E-state index contributed by atoms with van der Waals surface area (Å²) in [6.07, 6.45) is 3.81. The Morgan fingerprint density at radius 3 is 3.07 bits per heavy atom. The third kappa shape index (κ3) is 4.36. The lowest BCUT2D eigenvalue weighted by Crippen LogP contribution is -2.38. The Morgan fingerprint density at radius 1 is 1.38 bits per heavy atom. The number of hydrogen-bond donors (Lipinski definition) is 0. The van der Waals surface area contributed by atoms with Crippen LogP contribution in [-0.2, 0) is 26.3 Å². The largest absolute Gasteiger partial charge is 0.380 e. The van der Waals surface area contributed by atoms with Gasteiger partial charge in [-0.1, -0.05) is 23.0 Å². The zero-order valence-electron chi connectivity index (χ0n) is 16.6. The lowest BCUT2D eigenvalue weighted by atomic mass is 9.85. The van der Waals surface area contributed by atoms with E-state index >= 15 is 0 Å². The molecule has 5 nitrogen and oxygen atoms in total. The third-order valence-corrected chi connectivity index (χ3v) is 7.63. The van der Waals surface area contributed by atoms with Gasteiger partial charge in [-0.05, 0) is 54.5 Å². The minimum absolute atomic E-state index is 0.0126. The molecule has 1 aromatic heterocycles. The van der Waals surface area contributed by atoms with Crippen molar-refractivity contribution in [3.63, 3.8) is 0 Å². The summed E-state index contributed by atoms with van der Waals surface area (Å²) in [6.45, 7) is 2.84. The van der Waals surface area contributed by atoms with Gasteiger partial charge in [-0.2, -0.15) is 5.26 Å². The molecule has 4 rings (SSSR count). The number of nitrogens with zero attached hydrogens (tertiary/aromatic N) is 2. The van der Waals surface area contributed by atoms with Crippen LogP contribution in [0.2, 0.25) is 0 Å². The van der Waals surface area contributed by atoms with Crippen molar-refractivity contribution in [2.24, 2.45) is 5.16 Å². The second kappa shape index (κ2) is 8.88. The minimum Gasteiger partial charge on any atom is -0.380 e. The molecule has 2 aliphatic rings. The van der Waals surface area contributed by atoms with Crippen molar-refractivity contribution in [1.82, 2.24) is 0 Å². The van der Waals surface area contributed by atoms with Gasteiger partial charge in [0, 0.05) is 30.4 Å². The second-order valence-electron chi connectivity index (χ2n) is 7.38. The van der Waals surface area contributed by atoms with Crippen LogP contribution in [0.25, 0.3) is 0 Å². The number of ether oxygens (including phenoxy) is 2. The first-order valence-electron chi connectivity index (χ1n) is 9.76. The van der Waals surface area contributed by atoms with Crippen LogP contribution >= 0.6 is 23.1 Å². The smallest absolute Gasteiger partial charge is 0.202 e. The van der Waals surface area contributed by atoms with Crippen LogP contribution in [0.3, 0.4) is 0 Å². The highest BCUT2D eigenvalue weighted by atomic mass is 32.2. The standard InChI is InChI=1S/C22H24N2O3S2/c1-15-13-22(25-2,7-9-26-15)17-12-21(28-14-17)29-18-4-5-19-16(11-18)3-6-20(19)24-27-10-8-23/h4-5,11-12,14-15H,3,6-7,9-10,13H2,1-2H3/b24-20+/t15-,22+/m0/s1. The summed E-state index contributed by atoms with van der Waals surface area (Å²) in [5, 5.41) is 14.9. The Balaban J connectivity index is 1.49. The average molecular weight is 429 g/mol. The Morgan fingerprint density at radius 2 is 2.28 bits per heavy atom. The molecular formula is C22H24N2O3S2. The molecule has 152 valence electrons. The van der Waals surface area contributed by atoms with Crippen molar-refractivity contribution < 1.29 is 14.3 Å². The van der Waals surface area contributed by atoms with Crippen molar-refractivity contribution >= 4 is 28.8 Å². The van der Waals surface area contributed by atoms with Gasteiger partial charge >= 0.3 is 0 Å². The van der Waals surface area contributed by atoms with Crippen LogP contribution in [-0.4, -0.2) is 32.1 Å². The fourth-order valence-corrected chi connectivity index (χ4v) is 6.19. The summed E-state index contributed by atoms with van der Waals surface area (Å²) < 4.78 is 13.0. The van der Waals surface area contributed by atoms with Gasteiger partial charge in [-0.15, -0.1) is 11.3 Å². The first-order chi connectivity index (χ1) is 14.1. The highest BCUT2D eigenvalue weighted by molar-refractivity contribution is 8.01. The van der Waals surface area contributed by atoms with E-state index in [4.69, 9.17) is 19.6 Å². The zero-order chi connectivity index (χ0) is 20.3. The molecule has 1 fully saturated rings. The van der Waals surface area contributed by atoms with Gasteiger partial charge in [0.05, 0.1) is 28.2 Å². The highest BCUT2D eigenvalue weighted by Gasteiger charge is 2.38. The first kappa shape index (κ1) is 20.4. The van der Waals surface area contributed by atoms with Crippen LogP contribution in [0.5, 0.6) is 0 Å². The number of thiophene rings is 1. The predicted octanol–water partition coefficient (Wildman–Crippen LogP) is 5.13. The summed E-state index contributed by atoms with van der Waals surface area (Å²) in [7, 11) is 1.81. The molecule has 7 heteroatoms. The Bertz CT molecular complexity index is 950. The van der Waals surface area contributed by atoms with Crippen LogP contribution in [0.15, 0.2) is 43.9 Å². The van der Waals surface area contributed by atoms with E-state index in [-0.39, 0.29) is 18.3 Å². The Hall–Kier alpha value is -1.85. The van der Waals surface area contributed by atoms with E-state index in [1.54, 1.807) is 23.1 Å². The van der Waals surface area contributed by atoms with Gasteiger partial charge in [-0.3, -0.25) is 0 Å². The number of nitriles is 1. The molecule has 0 saturated carbocycles. The molecule has 0 unspecified atom stereocenters. The molecule has 0 radical (unpaired) electrons. The van der Waals surface area contributed by atoms with Crippen LogP contribution < -0.4 is 0 Å². The predicted molar refractivity (Wildman–Crippen MR) is 115 cm³/mol. The molecular weight excluding hydrogens is 404 g/mol. The van der Waals surface area contributed by atoms with E-state index in [9.17, 15) is 0 Å². The van der Waals surface area contributed by atoms with E-state index in [0.717, 1.165) is 43.6 Å². The monoisotopic (exact) mass is 428 g/mol. The van der Waals surface area contributed by atoms with E-state index in [2.05, 4.69) is 41.7 Å². The number of rotatable bonds is 6. The summed E-state index contributed by atoms with van der Waals surface area (Å²) in [6, 6.07) is 10.7. The fraction of sp³-hybridized carbons (Fsp3) is 0.455. The Labute approximate surface area is 179 Å². The molecule has 0 N–H and O–H groups in total. The second-order valence-corrected chi connectivity index (χ2v) is 9.66. The van der Waals surface area contributed by atoms with Crippen molar-refractivity contribution in [3.8, 4) is 6.07 Å². The van der Waals surface area contributed by atoms with E-state index in [1.807, 2.05) is 13.2 Å². The quantitative estimate of drug-likeness (QED) is 0.471. The van der Waals surface area contributed by atoms with E-state index in [1.165, 1.54) is 20.2 Å². The molecule has 1 aliphatic heterocycles. The summed E-state index contributed by atoms with van der Waals surface area (Å²) in [5.74, 6) is 0. The van der Waals surface area contributed by atoms with Gasteiger partial charge in [0.1, 0.15) is 6.07 Å². The van der Waals surface area contributed by atoms with Crippen molar-refractivity contribution in [2.45, 2.75) is 53.4 Å². The average Bonchev–Trinajstić information content (AvgIpc) is 3.35. The number of fused-ring (bicyclic) bond motifs is 1. The van der Waals surface area contributed by atoms with E-state index in [0.29, 0.717) is 0 Å². The van der Waals surface area contributed by atoms with E-state index < -0.39 is 0 Å². The maximum atomic E-state index is 8.58. The van der Waals surface area contributed by atoms with Gasteiger partial charge < -0.3 is 14.3 Å². The molecule has 1 saturated heterocycles. The van der Waals surface area contributed by atoms with Gasteiger partial charge in [0.25, 0.3) is 0 Å². The molecule has 2 heterocycles. The third-order valence-electron chi connectivity index (χ3n) is 5.56. The molecule has 0 spiro atoms. The summed E-state index contributed by atoms with van der Waals surface area (Å²) in [4.78, 5) is 6.27. The molecule has 1 aliphatic carbocycles. The minimum atomic E-state index is -0.236. The van der Waals surface area contributed by atoms with Crippen molar-refractivity contribution in [3.05, 3.63) is 46.3 Å². The summed E-state index contributed by atoms with van der Waals surface area (Å²) in [5.41, 5.74) is 4.37. The number of benzene rings is 1. The Kier molecular flexibility index (Phi) is 6.26. The van der Waals surface area contributed by atoms with Crippen LogP contribution in [0, 0.1) is 11.3 Å². The highest BCUT2D eigenvalue weighted by Crippen LogP contribution is 2.43. The number of oxime groups is 1. The topological polar surface area (TPSA) is 63.8 Å². The molecule has 0 amide bonds. The molecule has 0 bridgehead atoms. The SMILES string of the molecule is CO[C@]1(c2csc(Sc3ccc4c(c3)CC/C4=N\OCC#N)c2)CCO[C@@H](C)C1. The van der Waals surface area contributed by atoms with Crippen LogP contribution in [0.4, 0.5) is 0 Å². The number of methoxy groups -OCH3 is 1. The molecule has 2 atom stereocenters. The zero-order valence-corrected chi connectivity index (χ0v) is 18.3. The van der Waals surface area contributed by atoms with Crippen molar-refractivity contribution in [2.75, 3.05) is 20.3 Å². The van der Waals surface area contributed by atoms with Gasteiger partial charge in [0.15, 0.2) is 0 Å².